The van der Waals surface area contributed by atoms with Crippen LogP contribution in [-0.4, -0.2) is 32.6 Å². The van der Waals surface area contributed by atoms with Crippen molar-refractivity contribution in [3.8, 4) is 5.75 Å². The molecule has 0 unspecified atom stereocenters. The van der Waals surface area contributed by atoms with E-state index in [9.17, 15) is 8.42 Å². The zero-order valence-corrected chi connectivity index (χ0v) is 13.8. The molecule has 0 spiro atoms. The lowest BCUT2D eigenvalue weighted by Gasteiger charge is -2.13. The monoisotopic (exact) mass is 331 g/mol. The van der Waals surface area contributed by atoms with Gasteiger partial charge in [-0.05, 0) is 25.3 Å². The van der Waals surface area contributed by atoms with Crippen molar-refractivity contribution in [3.05, 3.63) is 28.8 Å². The maximum absolute atomic E-state index is 11.4. The number of halogens is 1. The Bertz CT molecular complexity index is 570. The van der Waals surface area contributed by atoms with Crippen LogP contribution in [0, 0.1) is 0 Å². The molecule has 21 heavy (non-hydrogen) atoms. The molecular weight excluding hydrogens is 310 g/mol. The van der Waals surface area contributed by atoms with E-state index in [1.807, 2.05) is 12.1 Å². The molecule has 0 heterocycles. The fourth-order valence-electron chi connectivity index (χ4n) is 1.99. The van der Waals surface area contributed by atoms with Crippen molar-refractivity contribution in [2.24, 2.45) is 0 Å². The molecule has 0 bridgehead atoms. The summed E-state index contributed by atoms with van der Waals surface area (Å²) in [6.45, 7) is 2.75. The zero-order chi connectivity index (χ0) is 15.3. The summed E-state index contributed by atoms with van der Waals surface area (Å²) in [5.41, 5.74) is 1.02. The lowest BCUT2D eigenvalue weighted by molar-refractivity contribution is 0.313. The van der Waals surface area contributed by atoms with E-state index in [2.05, 4.69) is 5.32 Å². The smallest absolute Gasteiger partial charge is 0.150 e. The number of rotatable bonds is 9. The Labute approximate surface area is 131 Å². The van der Waals surface area contributed by atoms with Gasteiger partial charge in [0.25, 0.3) is 0 Å². The van der Waals surface area contributed by atoms with E-state index in [4.69, 9.17) is 16.3 Å². The standard InChI is InChI=1S/C15H22ClNO3S/c1-2-21(18,19)10-4-9-20-15-12(5-3-6-14(15)16)11-17-13-7-8-13/h3,5-6,13,17H,2,4,7-11H2,1H3. The Morgan fingerprint density at radius 1 is 1.38 bits per heavy atom. The van der Waals surface area contributed by atoms with E-state index >= 15 is 0 Å². The molecule has 1 saturated carbocycles. The number of para-hydroxylation sites is 1. The van der Waals surface area contributed by atoms with Crippen molar-refractivity contribution < 1.29 is 13.2 Å². The summed E-state index contributed by atoms with van der Waals surface area (Å²) < 4.78 is 28.6. The molecule has 118 valence electrons. The highest BCUT2D eigenvalue weighted by molar-refractivity contribution is 7.91. The van der Waals surface area contributed by atoms with Crippen LogP contribution in [0.25, 0.3) is 0 Å². The molecule has 1 N–H and O–H groups in total. The molecule has 0 aromatic heterocycles. The molecule has 0 amide bonds. The summed E-state index contributed by atoms with van der Waals surface area (Å²) in [6.07, 6.45) is 2.94. The maximum atomic E-state index is 11.4. The van der Waals surface area contributed by atoms with Gasteiger partial charge >= 0.3 is 0 Å². The van der Waals surface area contributed by atoms with Crippen LogP contribution in [0.15, 0.2) is 18.2 Å². The molecule has 0 radical (unpaired) electrons. The fourth-order valence-corrected chi connectivity index (χ4v) is 3.09. The molecular formula is C15H22ClNO3S. The van der Waals surface area contributed by atoms with Crippen molar-refractivity contribution in [1.82, 2.24) is 5.32 Å². The summed E-state index contributed by atoms with van der Waals surface area (Å²) in [7, 11) is -2.93. The van der Waals surface area contributed by atoms with E-state index < -0.39 is 9.84 Å². The zero-order valence-electron chi connectivity index (χ0n) is 12.3. The Morgan fingerprint density at radius 2 is 2.14 bits per heavy atom. The van der Waals surface area contributed by atoms with Crippen molar-refractivity contribution >= 4 is 21.4 Å². The van der Waals surface area contributed by atoms with Crippen LogP contribution in [-0.2, 0) is 16.4 Å². The molecule has 6 heteroatoms. The number of ether oxygens (including phenoxy) is 1. The summed E-state index contributed by atoms with van der Waals surface area (Å²) in [6, 6.07) is 6.30. The van der Waals surface area contributed by atoms with E-state index in [1.165, 1.54) is 12.8 Å². The third-order valence-electron chi connectivity index (χ3n) is 3.49. The Morgan fingerprint density at radius 3 is 2.81 bits per heavy atom. The number of hydrogen-bond acceptors (Lipinski definition) is 4. The van der Waals surface area contributed by atoms with Crippen molar-refractivity contribution in [1.29, 1.82) is 0 Å². The first-order chi connectivity index (χ1) is 10.0. The molecule has 2 rings (SSSR count). The van der Waals surface area contributed by atoms with Gasteiger partial charge in [0.1, 0.15) is 15.6 Å². The second-order valence-electron chi connectivity index (χ2n) is 5.32. The quantitative estimate of drug-likeness (QED) is 0.707. The van der Waals surface area contributed by atoms with Crippen LogP contribution in [0.2, 0.25) is 5.02 Å². The Balaban J connectivity index is 1.88. The summed E-state index contributed by atoms with van der Waals surface area (Å²) in [4.78, 5) is 0. The predicted octanol–water partition coefficient (Wildman–Crippen LogP) is 2.80. The largest absolute Gasteiger partial charge is 0.492 e. The van der Waals surface area contributed by atoms with Crippen LogP contribution >= 0.6 is 11.6 Å². The average molecular weight is 332 g/mol. The van der Waals surface area contributed by atoms with Gasteiger partial charge in [-0.2, -0.15) is 0 Å². The molecule has 1 aromatic rings. The van der Waals surface area contributed by atoms with Gasteiger partial charge in [0, 0.05) is 23.9 Å². The van der Waals surface area contributed by atoms with Crippen LogP contribution < -0.4 is 10.1 Å². The normalized spacial score (nSPS) is 15.1. The molecule has 1 aromatic carbocycles. The molecule has 4 nitrogen and oxygen atoms in total. The molecule has 0 aliphatic heterocycles. The lowest BCUT2D eigenvalue weighted by Crippen LogP contribution is -2.17. The fraction of sp³-hybridized carbons (Fsp3) is 0.600. The Kier molecular flexibility index (Phi) is 5.90. The second kappa shape index (κ2) is 7.47. The minimum atomic E-state index is -2.93. The third-order valence-corrected chi connectivity index (χ3v) is 5.58. The van der Waals surface area contributed by atoms with Crippen LogP contribution in [0.4, 0.5) is 0 Å². The highest BCUT2D eigenvalue weighted by atomic mass is 35.5. The number of benzene rings is 1. The summed E-state index contributed by atoms with van der Waals surface area (Å²) >= 11 is 6.19. The predicted molar refractivity (Wildman–Crippen MR) is 85.8 cm³/mol. The maximum Gasteiger partial charge on any atom is 0.150 e. The van der Waals surface area contributed by atoms with Crippen LogP contribution in [0.5, 0.6) is 5.75 Å². The molecule has 0 saturated heterocycles. The summed E-state index contributed by atoms with van der Waals surface area (Å²) in [5.74, 6) is 1.00. The molecule has 1 aliphatic rings. The molecule has 1 aliphatic carbocycles. The minimum Gasteiger partial charge on any atom is -0.492 e. The number of sulfone groups is 1. The lowest BCUT2D eigenvalue weighted by atomic mass is 10.2. The van der Waals surface area contributed by atoms with E-state index in [0.29, 0.717) is 29.8 Å². The second-order valence-corrected chi connectivity index (χ2v) is 8.20. The van der Waals surface area contributed by atoms with Gasteiger partial charge in [-0.1, -0.05) is 30.7 Å². The number of hydrogen-bond donors (Lipinski definition) is 1. The van der Waals surface area contributed by atoms with Gasteiger partial charge in [0.05, 0.1) is 17.4 Å². The minimum absolute atomic E-state index is 0.156. The van der Waals surface area contributed by atoms with Gasteiger partial charge in [-0.3, -0.25) is 0 Å². The first-order valence-corrected chi connectivity index (χ1v) is 9.56. The highest BCUT2D eigenvalue weighted by Gasteiger charge is 2.21. The van der Waals surface area contributed by atoms with Crippen molar-refractivity contribution in [3.63, 3.8) is 0 Å². The topological polar surface area (TPSA) is 55.4 Å². The summed E-state index contributed by atoms with van der Waals surface area (Å²) in [5, 5.41) is 4.00. The number of nitrogens with one attached hydrogen (secondary N) is 1. The molecule has 0 atom stereocenters. The van der Waals surface area contributed by atoms with Gasteiger partial charge < -0.3 is 10.1 Å². The average Bonchev–Trinajstić information content (AvgIpc) is 3.27. The van der Waals surface area contributed by atoms with Gasteiger partial charge in [0.2, 0.25) is 0 Å². The van der Waals surface area contributed by atoms with Crippen molar-refractivity contribution in [2.45, 2.75) is 38.8 Å². The molecule has 1 fully saturated rings. The van der Waals surface area contributed by atoms with Crippen molar-refractivity contribution in [2.75, 3.05) is 18.1 Å². The van der Waals surface area contributed by atoms with Gasteiger partial charge in [-0.25, -0.2) is 8.42 Å². The van der Waals surface area contributed by atoms with Crippen LogP contribution in [0.1, 0.15) is 31.7 Å². The van der Waals surface area contributed by atoms with Gasteiger partial charge in [0.15, 0.2) is 0 Å². The highest BCUT2D eigenvalue weighted by Crippen LogP contribution is 2.29. The SMILES string of the molecule is CCS(=O)(=O)CCCOc1c(Cl)cccc1CNC1CC1. The van der Waals surface area contributed by atoms with E-state index in [-0.39, 0.29) is 11.5 Å². The van der Waals surface area contributed by atoms with Gasteiger partial charge in [-0.15, -0.1) is 0 Å². The third kappa shape index (κ3) is 5.49. The first kappa shape index (κ1) is 16.6. The Hall–Kier alpha value is -0.780. The van der Waals surface area contributed by atoms with E-state index in [0.717, 1.165) is 12.1 Å². The van der Waals surface area contributed by atoms with Crippen LogP contribution in [0.3, 0.4) is 0 Å². The first-order valence-electron chi connectivity index (χ1n) is 7.36. The van der Waals surface area contributed by atoms with E-state index in [1.54, 1.807) is 13.0 Å².